The van der Waals surface area contributed by atoms with Crippen LogP contribution in [0.1, 0.15) is 19.3 Å². The Labute approximate surface area is 68.8 Å². The number of carbonyl (C=O) groups excluding carboxylic acids is 1. The highest BCUT2D eigenvalue weighted by atomic mass is 16.1. The van der Waals surface area contributed by atoms with Gasteiger partial charge in [-0.05, 0) is 33.5 Å². The summed E-state index contributed by atoms with van der Waals surface area (Å²) in [5.41, 5.74) is 0. The normalized spacial score (nSPS) is 10.1. The topological polar surface area (TPSA) is 32.3 Å². The Balaban J connectivity index is 2.85. The minimum Gasteiger partial charge on any atom is -0.359 e. The van der Waals surface area contributed by atoms with Crippen LogP contribution in [0.15, 0.2) is 0 Å². The minimum atomic E-state index is 0.756. The summed E-state index contributed by atoms with van der Waals surface area (Å²) in [5.74, 6) is 0. The van der Waals surface area contributed by atoms with Gasteiger partial charge in [-0.15, -0.1) is 0 Å². The van der Waals surface area contributed by atoms with Crippen LogP contribution in [0.5, 0.6) is 0 Å². The summed E-state index contributed by atoms with van der Waals surface area (Å²) in [6.07, 6.45) is 4.26. The molecule has 0 saturated carbocycles. The summed E-state index contributed by atoms with van der Waals surface area (Å²) in [6.45, 7) is 1.96. The third kappa shape index (κ3) is 9.43. The highest BCUT2D eigenvalue weighted by Crippen LogP contribution is 1.94. The van der Waals surface area contributed by atoms with Crippen molar-refractivity contribution in [2.75, 3.05) is 27.2 Å². The van der Waals surface area contributed by atoms with Crippen LogP contribution in [0.3, 0.4) is 0 Å². The first-order valence-corrected chi connectivity index (χ1v) is 4.09. The second-order valence-corrected chi connectivity index (χ2v) is 2.94. The van der Waals surface area contributed by atoms with Gasteiger partial charge in [0.2, 0.25) is 6.41 Å². The summed E-state index contributed by atoms with van der Waals surface area (Å²) >= 11 is 0. The van der Waals surface area contributed by atoms with Crippen molar-refractivity contribution in [1.82, 2.24) is 10.2 Å². The molecule has 0 fully saturated rings. The van der Waals surface area contributed by atoms with Crippen LogP contribution in [0.25, 0.3) is 0 Å². The molecule has 3 heteroatoms. The van der Waals surface area contributed by atoms with E-state index in [0.29, 0.717) is 0 Å². The molecule has 0 aromatic rings. The van der Waals surface area contributed by atoms with Crippen LogP contribution in [0, 0.1) is 0 Å². The number of nitrogens with one attached hydrogen (secondary N) is 1. The molecule has 1 amide bonds. The molecular formula is C8H18N2O. The average Bonchev–Trinajstić information content (AvgIpc) is 1.96. The molecule has 0 rings (SSSR count). The molecule has 0 atom stereocenters. The molecule has 0 aromatic heterocycles. The summed E-state index contributed by atoms with van der Waals surface area (Å²) in [7, 11) is 4.15. The Hall–Kier alpha value is -0.570. The minimum absolute atomic E-state index is 0.756. The van der Waals surface area contributed by atoms with Gasteiger partial charge >= 0.3 is 0 Å². The Morgan fingerprint density at radius 3 is 2.55 bits per heavy atom. The van der Waals surface area contributed by atoms with E-state index in [1.54, 1.807) is 0 Å². The van der Waals surface area contributed by atoms with Crippen LogP contribution in [-0.4, -0.2) is 38.5 Å². The van der Waals surface area contributed by atoms with E-state index in [2.05, 4.69) is 24.3 Å². The zero-order valence-electron chi connectivity index (χ0n) is 7.47. The van der Waals surface area contributed by atoms with Crippen LogP contribution >= 0.6 is 0 Å². The third-order valence-corrected chi connectivity index (χ3v) is 1.51. The molecule has 0 unspecified atom stereocenters. The number of rotatable bonds is 7. The van der Waals surface area contributed by atoms with Gasteiger partial charge in [0.1, 0.15) is 0 Å². The smallest absolute Gasteiger partial charge is 0.207 e. The van der Waals surface area contributed by atoms with Crippen LogP contribution < -0.4 is 5.32 Å². The zero-order valence-corrected chi connectivity index (χ0v) is 7.47. The Morgan fingerprint density at radius 2 is 2.00 bits per heavy atom. The molecule has 3 nitrogen and oxygen atoms in total. The van der Waals surface area contributed by atoms with Crippen LogP contribution in [0.2, 0.25) is 0 Å². The lowest BCUT2D eigenvalue weighted by Gasteiger charge is -2.08. The molecule has 0 bridgehead atoms. The highest BCUT2D eigenvalue weighted by molar-refractivity contribution is 5.45. The number of hydrogen-bond donors (Lipinski definition) is 1. The van der Waals surface area contributed by atoms with Crippen molar-refractivity contribution in [1.29, 1.82) is 0 Å². The monoisotopic (exact) mass is 158 g/mol. The van der Waals surface area contributed by atoms with Gasteiger partial charge in [0.05, 0.1) is 0 Å². The number of hydrogen-bond acceptors (Lipinski definition) is 2. The maximum Gasteiger partial charge on any atom is 0.207 e. The molecule has 0 aliphatic heterocycles. The third-order valence-electron chi connectivity index (χ3n) is 1.51. The van der Waals surface area contributed by atoms with Crippen molar-refractivity contribution >= 4 is 6.41 Å². The first kappa shape index (κ1) is 10.4. The molecule has 0 aliphatic carbocycles. The van der Waals surface area contributed by atoms with Crippen molar-refractivity contribution in [3.8, 4) is 0 Å². The zero-order chi connectivity index (χ0) is 8.53. The molecule has 0 saturated heterocycles. The molecule has 0 aromatic carbocycles. The van der Waals surface area contributed by atoms with Crippen molar-refractivity contribution in [3.05, 3.63) is 0 Å². The molecule has 11 heavy (non-hydrogen) atoms. The van der Waals surface area contributed by atoms with E-state index in [-0.39, 0.29) is 0 Å². The van der Waals surface area contributed by atoms with Gasteiger partial charge < -0.3 is 10.2 Å². The van der Waals surface area contributed by atoms with Crippen molar-refractivity contribution in [3.63, 3.8) is 0 Å². The fraction of sp³-hybridized carbons (Fsp3) is 0.875. The average molecular weight is 158 g/mol. The maximum absolute atomic E-state index is 9.83. The lowest BCUT2D eigenvalue weighted by atomic mass is 10.2. The van der Waals surface area contributed by atoms with Gasteiger partial charge in [-0.2, -0.15) is 0 Å². The summed E-state index contributed by atoms with van der Waals surface area (Å²) in [4.78, 5) is 12.0. The molecule has 0 radical (unpaired) electrons. The summed E-state index contributed by atoms with van der Waals surface area (Å²) in [6, 6.07) is 0. The predicted octanol–water partition coefficient (Wildman–Crippen LogP) is 0.464. The first-order chi connectivity index (χ1) is 5.27. The molecule has 1 N–H and O–H groups in total. The Bertz CT molecular complexity index is 94.1. The number of unbranched alkanes of at least 4 members (excludes halogenated alkanes) is 2. The second-order valence-electron chi connectivity index (χ2n) is 2.94. The molecule has 0 aliphatic rings. The van der Waals surface area contributed by atoms with E-state index in [9.17, 15) is 4.79 Å². The fourth-order valence-corrected chi connectivity index (χ4v) is 0.891. The Morgan fingerprint density at radius 1 is 1.27 bits per heavy atom. The highest BCUT2D eigenvalue weighted by Gasteiger charge is 1.90. The van der Waals surface area contributed by atoms with Crippen molar-refractivity contribution in [2.45, 2.75) is 19.3 Å². The molecule has 0 heterocycles. The lowest BCUT2D eigenvalue weighted by Crippen LogP contribution is -2.15. The lowest BCUT2D eigenvalue weighted by molar-refractivity contribution is -0.109. The predicted molar refractivity (Wildman–Crippen MR) is 46.5 cm³/mol. The van der Waals surface area contributed by atoms with Gasteiger partial charge in [-0.1, -0.05) is 6.42 Å². The van der Waals surface area contributed by atoms with E-state index < -0.39 is 0 Å². The van der Waals surface area contributed by atoms with Crippen molar-refractivity contribution in [2.24, 2.45) is 0 Å². The van der Waals surface area contributed by atoms with Gasteiger partial charge in [-0.3, -0.25) is 4.79 Å². The van der Waals surface area contributed by atoms with Gasteiger partial charge in [-0.25, -0.2) is 0 Å². The van der Waals surface area contributed by atoms with Gasteiger partial charge in [0.25, 0.3) is 0 Å². The summed E-state index contributed by atoms with van der Waals surface area (Å²) in [5, 5.41) is 2.64. The van der Waals surface area contributed by atoms with E-state index in [1.165, 1.54) is 12.8 Å². The van der Waals surface area contributed by atoms with E-state index in [1.807, 2.05) is 0 Å². The molecule has 66 valence electrons. The largest absolute Gasteiger partial charge is 0.359 e. The quantitative estimate of drug-likeness (QED) is 0.431. The first-order valence-electron chi connectivity index (χ1n) is 4.09. The standard InChI is InChI=1S/C8H18N2O/c1-10(2)7-5-3-4-6-9-8-11/h8H,3-7H2,1-2H3,(H,9,11). The van der Waals surface area contributed by atoms with E-state index in [0.717, 1.165) is 25.9 Å². The Kier molecular flexibility index (Phi) is 7.15. The SMILES string of the molecule is CN(C)CCCCCNC=O. The van der Waals surface area contributed by atoms with Crippen molar-refractivity contribution < 1.29 is 4.79 Å². The van der Waals surface area contributed by atoms with Crippen LogP contribution in [0.4, 0.5) is 0 Å². The van der Waals surface area contributed by atoms with E-state index in [4.69, 9.17) is 0 Å². The molecule has 0 spiro atoms. The van der Waals surface area contributed by atoms with Gasteiger partial charge in [0.15, 0.2) is 0 Å². The number of carbonyl (C=O) groups is 1. The van der Waals surface area contributed by atoms with E-state index >= 15 is 0 Å². The fourth-order valence-electron chi connectivity index (χ4n) is 0.891. The number of nitrogens with zero attached hydrogens (tertiary/aromatic N) is 1. The van der Waals surface area contributed by atoms with Crippen LogP contribution in [-0.2, 0) is 4.79 Å². The van der Waals surface area contributed by atoms with Gasteiger partial charge in [0, 0.05) is 6.54 Å². The number of amides is 1. The summed E-state index contributed by atoms with van der Waals surface area (Å²) < 4.78 is 0. The second kappa shape index (κ2) is 7.54. The maximum atomic E-state index is 9.83. The molecular weight excluding hydrogens is 140 g/mol.